The van der Waals surface area contributed by atoms with Crippen molar-refractivity contribution in [2.75, 3.05) is 13.6 Å². The minimum atomic E-state index is 0.0936. The van der Waals surface area contributed by atoms with Crippen molar-refractivity contribution < 1.29 is 4.74 Å². The maximum atomic E-state index is 6.38. The topological polar surface area (TPSA) is 12.5 Å². The Morgan fingerprint density at radius 3 is 2.70 bits per heavy atom. The van der Waals surface area contributed by atoms with Gasteiger partial charge in [0.15, 0.2) is 0 Å². The molecule has 2 aromatic rings. The Hall–Kier alpha value is -1.32. The third-order valence-corrected chi connectivity index (χ3v) is 5.15. The first kappa shape index (κ1) is 16.5. The molecule has 0 saturated carbocycles. The van der Waals surface area contributed by atoms with Crippen LogP contribution >= 0.6 is 15.9 Å². The lowest BCUT2D eigenvalue weighted by Crippen LogP contribution is -2.37. The van der Waals surface area contributed by atoms with Crippen LogP contribution in [-0.2, 0) is 0 Å². The molecule has 122 valence electrons. The molecule has 3 heteroatoms. The maximum absolute atomic E-state index is 6.38. The van der Waals surface area contributed by atoms with Gasteiger partial charge in [0.2, 0.25) is 0 Å². The molecule has 1 aliphatic heterocycles. The predicted octanol–water partition coefficient (Wildman–Crippen LogP) is 5.44. The summed E-state index contributed by atoms with van der Waals surface area (Å²) in [6.45, 7) is 1.20. The number of hydrogen-bond acceptors (Lipinski definition) is 2. The number of nitrogens with zero attached hydrogens (tertiary/aromatic N) is 1. The molecule has 0 bridgehead atoms. The summed E-state index contributed by atoms with van der Waals surface area (Å²) in [5.74, 6) is 0.923. The first-order valence-corrected chi connectivity index (χ1v) is 9.19. The van der Waals surface area contributed by atoms with Gasteiger partial charge in [0.1, 0.15) is 11.9 Å². The standard InChI is InChI=1S/C20H24BrNO/c1-22-13-6-5-11-18(22)15-20(16-8-3-2-4-9-16)23-19-12-7-10-17(21)14-19/h2-4,7-10,12,14,18,20H,5-6,11,13,15H2,1H3. The molecule has 3 rings (SSSR count). The third kappa shape index (κ3) is 4.58. The van der Waals surface area contributed by atoms with E-state index in [-0.39, 0.29) is 6.10 Å². The SMILES string of the molecule is CN1CCCCC1CC(Oc1cccc(Br)c1)c1ccccc1. The van der Waals surface area contributed by atoms with Crippen molar-refractivity contribution in [3.05, 3.63) is 64.6 Å². The van der Waals surface area contributed by atoms with E-state index in [1.165, 1.54) is 31.4 Å². The van der Waals surface area contributed by atoms with Crippen LogP contribution < -0.4 is 4.74 Å². The Kier molecular flexibility index (Phi) is 5.74. The van der Waals surface area contributed by atoms with Gasteiger partial charge < -0.3 is 9.64 Å². The number of benzene rings is 2. The molecule has 1 heterocycles. The highest BCUT2D eigenvalue weighted by Crippen LogP contribution is 2.31. The molecule has 1 aliphatic rings. The van der Waals surface area contributed by atoms with E-state index in [0.29, 0.717) is 6.04 Å². The summed E-state index contributed by atoms with van der Waals surface area (Å²) in [6, 6.07) is 19.3. The predicted molar refractivity (Wildman–Crippen MR) is 98.8 cm³/mol. The van der Waals surface area contributed by atoms with Gasteiger partial charge in [0.05, 0.1) is 0 Å². The van der Waals surface area contributed by atoms with Gasteiger partial charge in [0.25, 0.3) is 0 Å². The quantitative estimate of drug-likeness (QED) is 0.691. The monoisotopic (exact) mass is 373 g/mol. The van der Waals surface area contributed by atoms with E-state index in [2.05, 4.69) is 58.2 Å². The molecule has 1 fully saturated rings. The summed E-state index contributed by atoms with van der Waals surface area (Å²) in [4.78, 5) is 2.49. The van der Waals surface area contributed by atoms with Crippen LogP contribution in [0.25, 0.3) is 0 Å². The molecule has 0 N–H and O–H groups in total. The van der Waals surface area contributed by atoms with Gasteiger partial charge in [-0.2, -0.15) is 0 Å². The zero-order chi connectivity index (χ0) is 16.1. The van der Waals surface area contributed by atoms with Crippen molar-refractivity contribution in [1.82, 2.24) is 4.90 Å². The highest BCUT2D eigenvalue weighted by Gasteiger charge is 2.25. The van der Waals surface area contributed by atoms with Crippen LogP contribution in [0.3, 0.4) is 0 Å². The van der Waals surface area contributed by atoms with Crippen molar-refractivity contribution >= 4 is 15.9 Å². The smallest absolute Gasteiger partial charge is 0.125 e. The fourth-order valence-electron chi connectivity index (χ4n) is 3.31. The van der Waals surface area contributed by atoms with E-state index >= 15 is 0 Å². The first-order chi connectivity index (χ1) is 11.2. The van der Waals surface area contributed by atoms with E-state index < -0.39 is 0 Å². The van der Waals surface area contributed by atoms with Crippen LogP contribution in [-0.4, -0.2) is 24.5 Å². The lowest BCUT2D eigenvalue weighted by atomic mass is 9.94. The second-order valence-electron chi connectivity index (χ2n) is 6.34. The molecule has 0 spiro atoms. The Morgan fingerprint density at radius 2 is 1.96 bits per heavy atom. The molecule has 0 radical (unpaired) electrons. The second-order valence-corrected chi connectivity index (χ2v) is 7.26. The van der Waals surface area contributed by atoms with E-state index in [9.17, 15) is 0 Å². The largest absolute Gasteiger partial charge is 0.486 e. The Morgan fingerprint density at radius 1 is 1.13 bits per heavy atom. The van der Waals surface area contributed by atoms with E-state index in [1.54, 1.807) is 0 Å². The zero-order valence-corrected chi connectivity index (χ0v) is 15.2. The normalized spacial score (nSPS) is 20.2. The van der Waals surface area contributed by atoms with E-state index in [0.717, 1.165) is 16.6 Å². The molecule has 0 aliphatic carbocycles. The van der Waals surface area contributed by atoms with Gasteiger partial charge in [-0.3, -0.25) is 0 Å². The molecule has 2 nitrogen and oxygen atoms in total. The van der Waals surface area contributed by atoms with Gasteiger partial charge in [-0.1, -0.05) is 58.7 Å². The average Bonchev–Trinajstić information content (AvgIpc) is 2.57. The first-order valence-electron chi connectivity index (χ1n) is 8.40. The molecular weight excluding hydrogens is 350 g/mol. The van der Waals surface area contributed by atoms with Crippen LogP contribution in [0.1, 0.15) is 37.4 Å². The zero-order valence-electron chi connectivity index (χ0n) is 13.6. The summed E-state index contributed by atoms with van der Waals surface area (Å²) in [5, 5.41) is 0. The van der Waals surface area contributed by atoms with E-state index in [4.69, 9.17) is 4.74 Å². The number of ether oxygens (including phenoxy) is 1. The van der Waals surface area contributed by atoms with Crippen molar-refractivity contribution in [1.29, 1.82) is 0 Å². The van der Waals surface area contributed by atoms with Crippen molar-refractivity contribution in [2.45, 2.75) is 37.8 Å². The Bertz CT molecular complexity index is 616. The number of hydrogen-bond donors (Lipinski definition) is 0. The lowest BCUT2D eigenvalue weighted by Gasteiger charge is -2.35. The minimum Gasteiger partial charge on any atom is -0.486 e. The fraction of sp³-hybridized carbons (Fsp3) is 0.400. The fourth-order valence-corrected chi connectivity index (χ4v) is 3.69. The van der Waals surface area contributed by atoms with Gasteiger partial charge >= 0.3 is 0 Å². The van der Waals surface area contributed by atoms with Crippen LogP contribution in [0.5, 0.6) is 5.75 Å². The molecule has 2 atom stereocenters. The van der Waals surface area contributed by atoms with Crippen molar-refractivity contribution in [3.63, 3.8) is 0 Å². The van der Waals surface area contributed by atoms with Crippen molar-refractivity contribution in [2.24, 2.45) is 0 Å². The molecule has 2 unspecified atom stereocenters. The summed E-state index contributed by atoms with van der Waals surface area (Å²) in [7, 11) is 2.24. The van der Waals surface area contributed by atoms with Gasteiger partial charge in [-0.15, -0.1) is 0 Å². The maximum Gasteiger partial charge on any atom is 0.125 e. The van der Waals surface area contributed by atoms with Gasteiger partial charge in [-0.25, -0.2) is 0 Å². The lowest BCUT2D eigenvalue weighted by molar-refractivity contribution is 0.109. The number of halogens is 1. The molecule has 23 heavy (non-hydrogen) atoms. The van der Waals surface area contributed by atoms with Crippen molar-refractivity contribution in [3.8, 4) is 5.75 Å². The van der Waals surface area contributed by atoms with Crippen LogP contribution in [0.4, 0.5) is 0 Å². The molecular formula is C20H24BrNO. The summed E-state index contributed by atoms with van der Waals surface area (Å²) < 4.78 is 7.43. The Balaban J connectivity index is 1.79. The average molecular weight is 374 g/mol. The molecule has 0 amide bonds. The summed E-state index contributed by atoms with van der Waals surface area (Å²) >= 11 is 3.53. The summed E-state index contributed by atoms with van der Waals surface area (Å²) in [6.07, 6.45) is 5.04. The van der Waals surface area contributed by atoms with Gasteiger partial charge in [-0.05, 0) is 50.2 Å². The highest BCUT2D eigenvalue weighted by molar-refractivity contribution is 9.10. The summed E-state index contributed by atoms with van der Waals surface area (Å²) in [5.41, 5.74) is 1.26. The number of rotatable bonds is 5. The minimum absolute atomic E-state index is 0.0936. The van der Waals surface area contributed by atoms with E-state index in [1.807, 2.05) is 24.3 Å². The number of likely N-dealkylation sites (tertiary alicyclic amines) is 1. The van der Waals surface area contributed by atoms with Gasteiger partial charge in [0, 0.05) is 16.9 Å². The molecule has 0 aromatic heterocycles. The highest BCUT2D eigenvalue weighted by atomic mass is 79.9. The third-order valence-electron chi connectivity index (χ3n) is 4.65. The molecule has 1 saturated heterocycles. The van der Waals surface area contributed by atoms with Crippen LogP contribution in [0.2, 0.25) is 0 Å². The van der Waals surface area contributed by atoms with Crippen LogP contribution in [0.15, 0.2) is 59.1 Å². The Labute approximate surface area is 147 Å². The molecule has 2 aromatic carbocycles. The second kappa shape index (κ2) is 7.98. The van der Waals surface area contributed by atoms with Crippen LogP contribution in [0, 0.1) is 0 Å². The number of piperidine rings is 1.